The summed E-state index contributed by atoms with van der Waals surface area (Å²) in [5.41, 5.74) is 2.12. The van der Waals surface area contributed by atoms with Crippen LogP contribution < -0.4 is 9.62 Å². The van der Waals surface area contributed by atoms with Crippen molar-refractivity contribution in [3.63, 3.8) is 0 Å². The Kier molecular flexibility index (Phi) is 7.47. The Morgan fingerprint density at radius 1 is 0.935 bits per heavy atom. The van der Waals surface area contributed by atoms with E-state index in [2.05, 4.69) is 24.4 Å². The van der Waals surface area contributed by atoms with E-state index in [1.807, 2.05) is 18.2 Å². The van der Waals surface area contributed by atoms with Gasteiger partial charge in [-0.1, -0.05) is 67.9 Å². The zero-order chi connectivity index (χ0) is 22.3. The second-order valence-electron chi connectivity index (χ2n) is 7.51. The van der Waals surface area contributed by atoms with Gasteiger partial charge in [0.25, 0.3) is 15.9 Å². The number of anilines is 1. The van der Waals surface area contributed by atoms with E-state index < -0.39 is 10.0 Å². The molecule has 3 aromatic rings. The van der Waals surface area contributed by atoms with E-state index in [4.69, 9.17) is 0 Å². The van der Waals surface area contributed by atoms with E-state index in [1.165, 1.54) is 16.9 Å². The maximum absolute atomic E-state index is 12.9. The molecule has 0 heterocycles. The fourth-order valence-corrected chi connectivity index (χ4v) is 4.59. The predicted molar refractivity (Wildman–Crippen MR) is 125 cm³/mol. The van der Waals surface area contributed by atoms with Crippen molar-refractivity contribution < 1.29 is 13.2 Å². The van der Waals surface area contributed by atoms with Crippen molar-refractivity contribution in [1.82, 2.24) is 5.32 Å². The first-order chi connectivity index (χ1) is 14.9. The monoisotopic (exact) mass is 436 g/mol. The Balaban J connectivity index is 1.68. The standard InChI is InChI=1S/C25H28N2O3S/c1-3-20(17-21-11-6-4-7-12-21)19-26-25(28)22-13-10-14-23(18-22)27(2)31(29,30)24-15-8-5-9-16-24/h4-16,18,20H,3,17,19H2,1-2H3,(H,26,28). The predicted octanol–water partition coefficient (Wildman–Crippen LogP) is 4.51. The number of rotatable bonds is 9. The van der Waals surface area contributed by atoms with Gasteiger partial charge in [-0.15, -0.1) is 0 Å². The van der Waals surface area contributed by atoms with Crippen molar-refractivity contribution in [2.75, 3.05) is 17.9 Å². The third kappa shape index (κ3) is 5.73. The minimum Gasteiger partial charge on any atom is -0.352 e. The van der Waals surface area contributed by atoms with E-state index in [0.717, 1.165) is 12.8 Å². The van der Waals surface area contributed by atoms with Crippen LogP contribution in [-0.2, 0) is 16.4 Å². The van der Waals surface area contributed by atoms with Crippen molar-refractivity contribution in [2.24, 2.45) is 5.92 Å². The summed E-state index contributed by atoms with van der Waals surface area (Å²) >= 11 is 0. The zero-order valence-electron chi connectivity index (χ0n) is 17.9. The van der Waals surface area contributed by atoms with Gasteiger partial charge in [0.2, 0.25) is 0 Å². The third-order valence-corrected chi connectivity index (χ3v) is 7.17. The molecule has 0 saturated heterocycles. The van der Waals surface area contributed by atoms with Crippen LogP contribution in [0.25, 0.3) is 0 Å². The van der Waals surface area contributed by atoms with Crippen molar-refractivity contribution in [1.29, 1.82) is 0 Å². The number of amides is 1. The summed E-state index contributed by atoms with van der Waals surface area (Å²) in [6.07, 6.45) is 1.85. The normalized spacial score (nSPS) is 12.2. The highest BCUT2D eigenvalue weighted by atomic mass is 32.2. The second kappa shape index (κ2) is 10.3. The number of carbonyl (C=O) groups excluding carboxylic acids is 1. The molecule has 0 aliphatic heterocycles. The van der Waals surface area contributed by atoms with Crippen LogP contribution >= 0.6 is 0 Å². The second-order valence-corrected chi connectivity index (χ2v) is 9.48. The average molecular weight is 437 g/mol. The molecule has 1 atom stereocenters. The summed E-state index contributed by atoms with van der Waals surface area (Å²) in [7, 11) is -2.20. The fraction of sp³-hybridized carbons (Fsp3) is 0.240. The van der Waals surface area contributed by atoms with Gasteiger partial charge in [0, 0.05) is 19.2 Å². The number of nitrogens with zero attached hydrogens (tertiary/aromatic N) is 1. The Morgan fingerprint density at radius 2 is 1.58 bits per heavy atom. The van der Waals surface area contributed by atoms with Crippen molar-refractivity contribution in [3.05, 3.63) is 96.1 Å². The van der Waals surface area contributed by atoms with E-state index in [1.54, 1.807) is 54.6 Å². The van der Waals surface area contributed by atoms with Crippen LogP contribution in [0.15, 0.2) is 89.8 Å². The molecule has 5 nitrogen and oxygen atoms in total. The fourth-order valence-electron chi connectivity index (χ4n) is 3.38. The summed E-state index contributed by atoms with van der Waals surface area (Å²) in [6.45, 7) is 2.68. The zero-order valence-corrected chi connectivity index (χ0v) is 18.7. The summed E-state index contributed by atoms with van der Waals surface area (Å²) in [4.78, 5) is 12.9. The summed E-state index contributed by atoms with van der Waals surface area (Å²) in [5, 5.41) is 3.00. The molecule has 0 radical (unpaired) electrons. The molecule has 6 heteroatoms. The molecule has 1 unspecified atom stereocenters. The summed E-state index contributed by atoms with van der Waals surface area (Å²) < 4.78 is 26.9. The molecular weight excluding hydrogens is 408 g/mol. The van der Waals surface area contributed by atoms with Crippen molar-refractivity contribution in [3.8, 4) is 0 Å². The lowest BCUT2D eigenvalue weighted by atomic mass is 9.97. The highest BCUT2D eigenvalue weighted by molar-refractivity contribution is 7.92. The van der Waals surface area contributed by atoms with Crippen LogP contribution in [0.4, 0.5) is 5.69 Å². The number of hydrogen-bond acceptors (Lipinski definition) is 3. The molecule has 1 amide bonds. The first-order valence-electron chi connectivity index (χ1n) is 10.4. The maximum Gasteiger partial charge on any atom is 0.264 e. The van der Waals surface area contributed by atoms with Crippen molar-refractivity contribution in [2.45, 2.75) is 24.7 Å². The summed E-state index contributed by atoms with van der Waals surface area (Å²) in [6, 6.07) is 25.2. The molecule has 0 saturated carbocycles. The number of hydrogen-bond donors (Lipinski definition) is 1. The Bertz CT molecular complexity index is 1100. The summed E-state index contributed by atoms with van der Waals surface area (Å²) in [5.74, 6) is 0.120. The molecule has 0 aliphatic rings. The molecule has 0 bridgehead atoms. The Morgan fingerprint density at radius 3 is 2.23 bits per heavy atom. The maximum atomic E-state index is 12.9. The first-order valence-corrected chi connectivity index (χ1v) is 11.8. The minimum absolute atomic E-state index is 0.207. The van der Waals surface area contributed by atoms with E-state index in [-0.39, 0.29) is 10.8 Å². The van der Waals surface area contributed by atoms with E-state index in [9.17, 15) is 13.2 Å². The third-order valence-electron chi connectivity index (χ3n) is 5.37. The highest BCUT2D eigenvalue weighted by Crippen LogP contribution is 2.23. The van der Waals surface area contributed by atoms with E-state index >= 15 is 0 Å². The molecule has 162 valence electrons. The van der Waals surface area contributed by atoms with Crippen LogP contribution in [0.1, 0.15) is 29.3 Å². The molecular formula is C25H28N2O3S. The van der Waals surface area contributed by atoms with Gasteiger partial charge in [0.1, 0.15) is 0 Å². The molecule has 0 fully saturated rings. The lowest BCUT2D eigenvalue weighted by molar-refractivity contribution is 0.0946. The van der Waals surface area contributed by atoms with Gasteiger partial charge in [-0.25, -0.2) is 8.42 Å². The number of benzene rings is 3. The van der Waals surface area contributed by atoms with Gasteiger partial charge in [0.05, 0.1) is 10.6 Å². The molecule has 1 N–H and O–H groups in total. The SMILES string of the molecule is CCC(CNC(=O)c1cccc(N(C)S(=O)(=O)c2ccccc2)c1)Cc1ccccc1. The van der Waals surface area contributed by atoms with Gasteiger partial charge < -0.3 is 5.32 Å². The lowest BCUT2D eigenvalue weighted by Gasteiger charge is -2.20. The van der Waals surface area contributed by atoms with Gasteiger partial charge in [-0.05, 0) is 48.2 Å². The number of nitrogens with one attached hydrogen (secondary N) is 1. The first kappa shape index (κ1) is 22.6. The number of sulfonamides is 1. The molecule has 3 aromatic carbocycles. The van der Waals surface area contributed by atoms with Crippen LogP contribution in [0, 0.1) is 5.92 Å². The average Bonchev–Trinajstić information content (AvgIpc) is 2.82. The van der Waals surface area contributed by atoms with Gasteiger partial charge in [-0.3, -0.25) is 9.10 Å². The van der Waals surface area contributed by atoms with Crippen LogP contribution in [0.3, 0.4) is 0 Å². The largest absolute Gasteiger partial charge is 0.352 e. The minimum atomic E-state index is -3.70. The quantitative estimate of drug-likeness (QED) is 0.537. The van der Waals surface area contributed by atoms with Gasteiger partial charge in [-0.2, -0.15) is 0 Å². The molecule has 0 spiro atoms. The van der Waals surface area contributed by atoms with Gasteiger partial charge >= 0.3 is 0 Å². The Hall–Kier alpha value is -3.12. The topological polar surface area (TPSA) is 66.5 Å². The Labute approximate surface area is 184 Å². The van der Waals surface area contributed by atoms with Gasteiger partial charge in [0.15, 0.2) is 0 Å². The van der Waals surface area contributed by atoms with Crippen molar-refractivity contribution >= 4 is 21.6 Å². The van der Waals surface area contributed by atoms with Crippen LogP contribution in [0.5, 0.6) is 0 Å². The van der Waals surface area contributed by atoms with Crippen LogP contribution in [0.2, 0.25) is 0 Å². The molecule has 31 heavy (non-hydrogen) atoms. The smallest absolute Gasteiger partial charge is 0.264 e. The number of carbonyl (C=O) groups is 1. The molecule has 0 aromatic heterocycles. The van der Waals surface area contributed by atoms with E-state index in [0.29, 0.717) is 23.7 Å². The highest BCUT2D eigenvalue weighted by Gasteiger charge is 2.21. The van der Waals surface area contributed by atoms with Crippen LogP contribution in [-0.4, -0.2) is 27.9 Å². The lowest BCUT2D eigenvalue weighted by Crippen LogP contribution is -2.30. The molecule has 3 rings (SSSR count). The molecule has 0 aliphatic carbocycles.